The highest BCUT2D eigenvalue weighted by Gasteiger charge is 2.38. The van der Waals surface area contributed by atoms with Crippen LogP contribution in [-0.4, -0.2) is 31.6 Å². The van der Waals surface area contributed by atoms with Gasteiger partial charge in [-0.3, -0.25) is 0 Å². The average molecular weight is 256 g/mol. The minimum atomic E-state index is -0.355. The maximum atomic E-state index is 11.3. The van der Waals surface area contributed by atoms with Crippen molar-refractivity contribution in [1.29, 1.82) is 0 Å². The summed E-state index contributed by atoms with van der Waals surface area (Å²) in [4.78, 5) is 11.3. The summed E-state index contributed by atoms with van der Waals surface area (Å²) in [7, 11) is 0. The summed E-state index contributed by atoms with van der Waals surface area (Å²) < 4.78 is 16.1. The van der Waals surface area contributed by atoms with Gasteiger partial charge in [-0.15, -0.1) is 0 Å². The Kier molecular flexibility index (Phi) is 6.36. The molecule has 1 saturated heterocycles. The smallest absolute Gasteiger partial charge is 0.330 e. The van der Waals surface area contributed by atoms with Gasteiger partial charge in [0.05, 0.1) is 19.8 Å². The van der Waals surface area contributed by atoms with E-state index in [4.69, 9.17) is 14.2 Å². The van der Waals surface area contributed by atoms with Crippen molar-refractivity contribution in [2.75, 3.05) is 19.8 Å². The van der Waals surface area contributed by atoms with Gasteiger partial charge in [-0.25, -0.2) is 4.79 Å². The minimum Gasteiger partial charge on any atom is -0.463 e. The van der Waals surface area contributed by atoms with Crippen molar-refractivity contribution in [3.63, 3.8) is 0 Å². The zero-order valence-corrected chi connectivity index (χ0v) is 11.7. The molecule has 0 N–H and O–H groups in total. The molecule has 104 valence electrons. The fourth-order valence-corrected chi connectivity index (χ4v) is 2.23. The topological polar surface area (TPSA) is 44.8 Å². The largest absolute Gasteiger partial charge is 0.463 e. The van der Waals surface area contributed by atoms with E-state index < -0.39 is 0 Å². The zero-order chi connectivity index (χ0) is 13.4. The van der Waals surface area contributed by atoms with Crippen LogP contribution < -0.4 is 0 Å². The van der Waals surface area contributed by atoms with Gasteiger partial charge in [0, 0.05) is 18.9 Å². The van der Waals surface area contributed by atoms with Gasteiger partial charge in [0.1, 0.15) is 0 Å². The lowest BCUT2D eigenvalue weighted by Crippen LogP contribution is -2.33. The van der Waals surface area contributed by atoms with Gasteiger partial charge >= 0.3 is 5.97 Å². The molecule has 1 heterocycles. The van der Waals surface area contributed by atoms with E-state index in [1.165, 1.54) is 0 Å². The predicted molar refractivity (Wildman–Crippen MR) is 69.2 cm³/mol. The van der Waals surface area contributed by atoms with Crippen LogP contribution in [0.1, 0.15) is 46.5 Å². The molecule has 1 aliphatic carbocycles. The van der Waals surface area contributed by atoms with Crippen molar-refractivity contribution in [2.45, 2.75) is 52.2 Å². The van der Waals surface area contributed by atoms with E-state index in [9.17, 15) is 4.79 Å². The third-order valence-electron chi connectivity index (χ3n) is 3.08. The highest BCUT2D eigenvalue weighted by atomic mass is 16.7. The van der Waals surface area contributed by atoms with Gasteiger partial charge in [-0.1, -0.05) is 19.4 Å². The fraction of sp³-hybridized carbons (Fsp3) is 0.786. The molecular weight excluding hydrogens is 232 g/mol. The quantitative estimate of drug-likeness (QED) is 0.563. The van der Waals surface area contributed by atoms with Crippen molar-refractivity contribution < 1.29 is 19.0 Å². The van der Waals surface area contributed by atoms with Crippen molar-refractivity contribution >= 4 is 5.97 Å². The van der Waals surface area contributed by atoms with Gasteiger partial charge in [0.15, 0.2) is 5.79 Å². The Balaban J connectivity index is 0.000000771. The fourth-order valence-electron chi connectivity index (χ4n) is 2.23. The Morgan fingerprint density at radius 1 is 1.28 bits per heavy atom. The number of ether oxygens (including phenoxy) is 3. The zero-order valence-electron chi connectivity index (χ0n) is 11.7. The molecule has 0 aromatic rings. The van der Waals surface area contributed by atoms with Crippen LogP contribution in [0.2, 0.25) is 0 Å². The third kappa shape index (κ3) is 4.10. The predicted octanol–water partition coefficient (Wildman–Crippen LogP) is 2.82. The molecular formula is C14H24O4. The Morgan fingerprint density at radius 2 is 1.83 bits per heavy atom. The van der Waals surface area contributed by atoms with Crippen LogP contribution in [0.5, 0.6) is 0 Å². The second-order valence-corrected chi connectivity index (χ2v) is 4.16. The molecule has 1 saturated carbocycles. The number of hydrogen-bond acceptors (Lipinski definition) is 4. The van der Waals surface area contributed by atoms with Crippen LogP contribution in [-0.2, 0) is 19.0 Å². The molecule has 1 aliphatic heterocycles. The number of hydrogen-bond donors (Lipinski definition) is 0. The van der Waals surface area contributed by atoms with E-state index in [1.54, 1.807) is 6.08 Å². The van der Waals surface area contributed by atoms with Gasteiger partial charge < -0.3 is 14.2 Å². The molecule has 1 spiro atoms. The third-order valence-corrected chi connectivity index (χ3v) is 3.08. The Morgan fingerprint density at radius 3 is 2.33 bits per heavy atom. The summed E-state index contributed by atoms with van der Waals surface area (Å²) in [5.41, 5.74) is 1.14. The second kappa shape index (κ2) is 7.54. The number of carbonyl (C=O) groups excluding carboxylic acids is 1. The highest BCUT2D eigenvalue weighted by molar-refractivity contribution is 5.82. The molecule has 4 heteroatoms. The summed E-state index contributed by atoms with van der Waals surface area (Å²) in [5.74, 6) is -0.590. The highest BCUT2D eigenvalue weighted by Crippen LogP contribution is 2.37. The summed E-state index contributed by atoms with van der Waals surface area (Å²) in [6.07, 6.45) is 5.03. The minimum absolute atomic E-state index is 0.235. The lowest BCUT2D eigenvalue weighted by molar-refractivity contribution is -0.171. The van der Waals surface area contributed by atoms with Crippen LogP contribution in [0.4, 0.5) is 0 Å². The summed E-state index contributed by atoms with van der Waals surface area (Å²) in [6, 6.07) is 0. The van der Waals surface area contributed by atoms with Crippen LogP contribution in [0.3, 0.4) is 0 Å². The summed E-state index contributed by atoms with van der Waals surface area (Å²) in [6.45, 7) is 7.62. The molecule has 2 aliphatic rings. The van der Waals surface area contributed by atoms with E-state index in [0.717, 1.165) is 31.3 Å². The molecule has 0 aromatic heterocycles. The Hall–Kier alpha value is -0.870. The normalized spacial score (nSPS) is 21.2. The van der Waals surface area contributed by atoms with Gasteiger partial charge in [-0.05, 0) is 19.8 Å². The molecule has 0 atom stereocenters. The van der Waals surface area contributed by atoms with E-state index in [1.807, 2.05) is 20.8 Å². The standard InChI is InChI=1S/C12H18O4.C2H6/c1-2-14-11(13)9-10-3-5-12(6-4-10)15-7-8-16-12;1-2/h9H,2-8H2,1H3;1-2H3. The molecule has 2 rings (SSSR count). The molecule has 18 heavy (non-hydrogen) atoms. The average Bonchev–Trinajstić information content (AvgIpc) is 2.84. The molecule has 4 nitrogen and oxygen atoms in total. The summed E-state index contributed by atoms with van der Waals surface area (Å²) >= 11 is 0. The maximum Gasteiger partial charge on any atom is 0.330 e. The molecule has 0 bridgehead atoms. The molecule has 0 unspecified atom stereocenters. The van der Waals surface area contributed by atoms with Crippen molar-refractivity contribution in [3.05, 3.63) is 11.6 Å². The first kappa shape index (κ1) is 15.2. The van der Waals surface area contributed by atoms with E-state index in [2.05, 4.69) is 0 Å². The van der Waals surface area contributed by atoms with Gasteiger partial charge in [0.25, 0.3) is 0 Å². The van der Waals surface area contributed by atoms with Crippen molar-refractivity contribution in [2.24, 2.45) is 0 Å². The molecule has 0 radical (unpaired) electrons. The lowest BCUT2D eigenvalue weighted by Gasteiger charge is -2.32. The van der Waals surface area contributed by atoms with Crippen LogP contribution in [0, 0.1) is 0 Å². The first-order chi connectivity index (χ1) is 8.74. The van der Waals surface area contributed by atoms with Crippen LogP contribution in [0.15, 0.2) is 11.6 Å². The Bertz CT molecular complexity index is 278. The van der Waals surface area contributed by atoms with E-state index in [0.29, 0.717) is 19.8 Å². The maximum absolute atomic E-state index is 11.3. The first-order valence-corrected chi connectivity index (χ1v) is 6.88. The lowest BCUT2D eigenvalue weighted by atomic mass is 9.89. The summed E-state index contributed by atoms with van der Waals surface area (Å²) in [5, 5.41) is 0. The van der Waals surface area contributed by atoms with Crippen molar-refractivity contribution in [1.82, 2.24) is 0 Å². The first-order valence-electron chi connectivity index (χ1n) is 6.88. The van der Waals surface area contributed by atoms with E-state index in [-0.39, 0.29) is 11.8 Å². The van der Waals surface area contributed by atoms with Crippen LogP contribution >= 0.6 is 0 Å². The molecule has 2 fully saturated rings. The molecule has 0 amide bonds. The number of rotatable bonds is 2. The van der Waals surface area contributed by atoms with Crippen molar-refractivity contribution in [3.8, 4) is 0 Å². The molecule has 0 aromatic carbocycles. The Labute approximate surface area is 109 Å². The van der Waals surface area contributed by atoms with Crippen LogP contribution in [0.25, 0.3) is 0 Å². The van der Waals surface area contributed by atoms with E-state index >= 15 is 0 Å². The monoisotopic (exact) mass is 256 g/mol. The van der Waals surface area contributed by atoms with Gasteiger partial charge in [-0.2, -0.15) is 0 Å². The SMILES string of the molecule is CC.CCOC(=O)C=C1CCC2(CC1)OCCO2. The second-order valence-electron chi connectivity index (χ2n) is 4.16. The number of carbonyl (C=O) groups is 1. The number of esters is 1. The number of allylic oxidation sites excluding steroid dienone is 1. The van der Waals surface area contributed by atoms with Gasteiger partial charge in [0.2, 0.25) is 0 Å².